The van der Waals surface area contributed by atoms with Crippen LogP contribution in [-0.4, -0.2) is 23.7 Å². The largest absolute Gasteiger partial charge is 0.481 e. The Morgan fingerprint density at radius 1 is 1.50 bits per heavy atom. The maximum absolute atomic E-state index is 11.3. The molecule has 3 atom stereocenters. The molecular formula is C14H24N2O2. The summed E-state index contributed by atoms with van der Waals surface area (Å²) in [5, 5.41) is 21.2. The molecule has 0 aromatic rings. The monoisotopic (exact) mass is 252 g/mol. The maximum Gasteiger partial charge on any atom is 0.307 e. The van der Waals surface area contributed by atoms with Crippen LogP contribution in [0.3, 0.4) is 0 Å². The van der Waals surface area contributed by atoms with Gasteiger partial charge in [-0.05, 0) is 37.1 Å². The van der Waals surface area contributed by atoms with Crippen molar-refractivity contribution in [3.8, 4) is 6.07 Å². The number of nitrogens with one attached hydrogen (secondary N) is 1. The lowest BCUT2D eigenvalue weighted by atomic mass is 9.61. The minimum Gasteiger partial charge on any atom is -0.481 e. The number of hydrogen-bond acceptors (Lipinski definition) is 3. The van der Waals surface area contributed by atoms with Gasteiger partial charge in [-0.1, -0.05) is 20.8 Å². The van der Waals surface area contributed by atoms with Crippen LogP contribution in [0.5, 0.6) is 0 Å². The molecule has 0 spiro atoms. The van der Waals surface area contributed by atoms with Gasteiger partial charge in [-0.3, -0.25) is 4.79 Å². The van der Waals surface area contributed by atoms with Crippen LogP contribution < -0.4 is 5.32 Å². The number of nitrogens with zero attached hydrogens (tertiary/aromatic N) is 1. The zero-order chi connectivity index (χ0) is 13.8. The predicted octanol–water partition coefficient (Wildman–Crippen LogP) is 2.41. The first-order valence-electron chi connectivity index (χ1n) is 6.74. The Morgan fingerprint density at radius 2 is 2.17 bits per heavy atom. The molecule has 1 rings (SSSR count). The van der Waals surface area contributed by atoms with Gasteiger partial charge in [0.15, 0.2) is 0 Å². The fourth-order valence-corrected chi connectivity index (χ4v) is 2.98. The van der Waals surface area contributed by atoms with Crippen molar-refractivity contribution in [3.63, 3.8) is 0 Å². The van der Waals surface area contributed by atoms with Crippen molar-refractivity contribution in [2.45, 2.75) is 52.5 Å². The van der Waals surface area contributed by atoms with Gasteiger partial charge in [0.1, 0.15) is 0 Å². The molecule has 0 aromatic carbocycles. The maximum atomic E-state index is 11.3. The summed E-state index contributed by atoms with van der Waals surface area (Å²) in [6.45, 7) is 7.09. The number of rotatable bonds is 5. The first-order valence-corrected chi connectivity index (χ1v) is 6.74. The highest BCUT2D eigenvalue weighted by molar-refractivity contribution is 5.71. The highest BCUT2D eigenvalue weighted by Crippen LogP contribution is 2.44. The summed E-state index contributed by atoms with van der Waals surface area (Å²) in [7, 11) is 0. The lowest BCUT2D eigenvalue weighted by molar-refractivity contribution is -0.150. The Balaban J connectivity index is 2.56. The van der Waals surface area contributed by atoms with E-state index in [-0.39, 0.29) is 11.3 Å². The molecule has 18 heavy (non-hydrogen) atoms. The normalized spacial score (nSPS) is 30.7. The summed E-state index contributed by atoms with van der Waals surface area (Å²) in [4.78, 5) is 11.3. The number of carboxylic acid groups (broad SMARTS) is 1. The van der Waals surface area contributed by atoms with Gasteiger partial charge < -0.3 is 10.4 Å². The predicted molar refractivity (Wildman–Crippen MR) is 69.9 cm³/mol. The second kappa shape index (κ2) is 6.19. The first kappa shape index (κ1) is 15.0. The summed E-state index contributed by atoms with van der Waals surface area (Å²) in [6.07, 6.45) is 3.09. The molecule has 0 heterocycles. The second-order valence-corrected chi connectivity index (χ2v) is 5.90. The Hall–Kier alpha value is -1.08. The highest BCUT2D eigenvalue weighted by Gasteiger charge is 2.45. The van der Waals surface area contributed by atoms with Crippen molar-refractivity contribution >= 4 is 5.97 Å². The van der Waals surface area contributed by atoms with E-state index < -0.39 is 5.97 Å². The van der Waals surface area contributed by atoms with Crippen LogP contribution in [0, 0.1) is 28.6 Å². The number of hydrogen-bond donors (Lipinski definition) is 2. The summed E-state index contributed by atoms with van der Waals surface area (Å²) in [5.41, 5.74) is -0.184. The second-order valence-electron chi connectivity index (χ2n) is 5.90. The molecule has 1 aliphatic rings. The van der Waals surface area contributed by atoms with E-state index in [0.717, 1.165) is 25.8 Å². The van der Waals surface area contributed by atoms with Crippen LogP contribution in [0.1, 0.15) is 46.5 Å². The Morgan fingerprint density at radius 3 is 2.72 bits per heavy atom. The lowest BCUT2D eigenvalue weighted by Crippen LogP contribution is -2.51. The van der Waals surface area contributed by atoms with Crippen molar-refractivity contribution in [1.29, 1.82) is 5.26 Å². The van der Waals surface area contributed by atoms with Gasteiger partial charge in [0.05, 0.1) is 12.0 Å². The highest BCUT2D eigenvalue weighted by atomic mass is 16.4. The van der Waals surface area contributed by atoms with Gasteiger partial charge in [-0.25, -0.2) is 0 Å². The van der Waals surface area contributed by atoms with E-state index in [1.165, 1.54) is 0 Å². The summed E-state index contributed by atoms with van der Waals surface area (Å²) in [5.74, 6) is -0.589. The topological polar surface area (TPSA) is 73.1 Å². The summed E-state index contributed by atoms with van der Waals surface area (Å²) >= 11 is 0. The molecule has 1 saturated carbocycles. The molecule has 0 radical (unpaired) electrons. The quantitative estimate of drug-likeness (QED) is 0.737. The fourth-order valence-electron chi connectivity index (χ4n) is 2.98. The smallest absolute Gasteiger partial charge is 0.307 e. The average molecular weight is 252 g/mol. The lowest BCUT2D eigenvalue weighted by Gasteiger charge is -2.46. The van der Waals surface area contributed by atoms with E-state index in [1.54, 1.807) is 0 Å². The van der Waals surface area contributed by atoms with Crippen LogP contribution in [0.15, 0.2) is 0 Å². The fraction of sp³-hybridized carbons (Fsp3) is 0.857. The van der Waals surface area contributed by atoms with Crippen molar-refractivity contribution in [2.75, 3.05) is 6.54 Å². The first-order chi connectivity index (χ1) is 8.41. The van der Waals surface area contributed by atoms with E-state index in [9.17, 15) is 9.90 Å². The molecule has 4 nitrogen and oxygen atoms in total. The zero-order valence-electron chi connectivity index (χ0n) is 11.6. The van der Waals surface area contributed by atoms with Crippen molar-refractivity contribution in [2.24, 2.45) is 17.3 Å². The minimum absolute atomic E-state index is 0.184. The van der Waals surface area contributed by atoms with Crippen molar-refractivity contribution in [1.82, 2.24) is 5.32 Å². The third-order valence-corrected chi connectivity index (χ3v) is 4.61. The molecule has 4 heteroatoms. The Bertz CT molecular complexity index is 333. The van der Waals surface area contributed by atoms with E-state index in [4.69, 9.17) is 5.26 Å². The van der Waals surface area contributed by atoms with Crippen LogP contribution in [0.25, 0.3) is 0 Å². The van der Waals surface area contributed by atoms with Crippen LogP contribution in [0.4, 0.5) is 0 Å². The van der Waals surface area contributed by atoms with E-state index in [2.05, 4.69) is 32.2 Å². The molecule has 0 aromatic heterocycles. The van der Waals surface area contributed by atoms with Crippen molar-refractivity contribution in [3.05, 3.63) is 0 Å². The molecule has 1 aliphatic carbocycles. The van der Waals surface area contributed by atoms with Crippen LogP contribution in [-0.2, 0) is 4.79 Å². The molecule has 102 valence electrons. The van der Waals surface area contributed by atoms with E-state index in [1.807, 2.05) is 0 Å². The van der Waals surface area contributed by atoms with E-state index >= 15 is 0 Å². The van der Waals surface area contributed by atoms with Crippen molar-refractivity contribution < 1.29 is 9.90 Å². The third kappa shape index (κ3) is 3.23. The van der Waals surface area contributed by atoms with Gasteiger partial charge in [-0.2, -0.15) is 5.26 Å². The number of unbranched alkanes of at least 4 members (excludes halogenated alkanes) is 1. The van der Waals surface area contributed by atoms with Gasteiger partial charge in [0.25, 0.3) is 0 Å². The van der Waals surface area contributed by atoms with Crippen LogP contribution >= 0.6 is 0 Å². The average Bonchev–Trinajstić information content (AvgIpc) is 2.29. The number of aliphatic carboxylic acids is 1. The SMILES string of the molecule is CC1C(NCCCC#N)CCC(C(=O)O)C1(C)C. The third-order valence-electron chi connectivity index (χ3n) is 4.61. The Labute approximate surface area is 109 Å². The molecule has 0 bridgehead atoms. The van der Waals surface area contributed by atoms with Gasteiger partial charge >= 0.3 is 5.97 Å². The zero-order valence-corrected chi connectivity index (χ0v) is 11.6. The number of carbonyl (C=O) groups is 1. The number of nitriles is 1. The number of carboxylic acids is 1. The van der Waals surface area contributed by atoms with Gasteiger partial charge in [-0.15, -0.1) is 0 Å². The summed E-state index contributed by atoms with van der Waals surface area (Å²) < 4.78 is 0. The minimum atomic E-state index is -0.671. The molecular weight excluding hydrogens is 228 g/mol. The van der Waals surface area contributed by atoms with Gasteiger partial charge in [0, 0.05) is 12.5 Å². The van der Waals surface area contributed by atoms with E-state index in [0.29, 0.717) is 18.4 Å². The summed E-state index contributed by atoms with van der Waals surface area (Å²) in [6, 6.07) is 2.51. The molecule has 0 saturated heterocycles. The molecule has 0 aliphatic heterocycles. The molecule has 3 unspecified atom stereocenters. The molecule has 1 fully saturated rings. The standard InChI is InChI=1S/C14H24N2O2/c1-10-12(16-9-5-4-8-15)7-6-11(13(17)18)14(10,2)3/h10-12,16H,4-7,9H2,1-3H3,(H,17,18). The Kier molecular flexibility index (Phi) is 5.15. The van der Waals surface area contributed by atoms with Crippen LogP contribution in [0.2, 0.25) is 0 Å². The molecule has 0 amide bonds. The molecule has 2 N–H and O–H groups in total. The van der Waals surface area contributed by atoms with Gasteiger partial charge in [0.2, 0.25) is 0 Å².